The first-order valence-corrected chi connectivity index (χ1v) is 6.97. The van der Waals surface area contributed by atoms with Crippen molar-refractivity contribution in [1.82, 2.24) is 10.2 Å². The summed E-state index contributed by atoms with van der Waals surface area (Å²) in [6.07, 6.45) is 1.97. The van der Waals surface area contributed by atoms with E-state index in [1.165, 1.54) is 12.1 Å². The number of piperidine rings is 1. The summed E-state index contributed by atoms with van der Waals surface area (Å²) in [5, 5.41) is 16.7. The average molecular weight is 292 g/mol. The third-order valence-electron chi connectivity index (χ3n) is 3.69. The molecule has 0 aliphatic carbocycles. The summed E-state index contributed by atoms with van der Waals surface area (Å²) < 4.78 is 0. The first-order valence-electron chi connectivity index (χ1n) is 6.97. The summed E-state index contributed by atoms with van der Waals surface area (Å²) in [4.78, 5) is 25.1. The SMILES string of the molecule is CNc1c(C(=O)NC2CCCN(C)C2)cccc1[N+](=O)[O-]. The molecular weight excluding hydrogens is 272 g/mol. The standard InChI is InChI=1S/C14H20N4O3/c1-15-13-11(6-3-7-12(13)18(20)21)14(19)16-10-5-4-8-17(2)9-10/h3,6-7,10,15H,4-5,8-9H2,1-2H3,(H,16,19). The summed E-state index contributed by atoms with van der Waals surface area (Å²) >= 11 is 0. The third kappa shape index (κ3) is 3.49. The van der Waals surface area contributed by atoms with Crippen molar-refractivity contribution in [2.75, 3.05) is 32.5 Å². The predicted molar refractivity (Wildman–Crippen MR) is 80.6 cm³/mol. The van der Waals surface area contributed by atoms with Crippen molar-refractivity contribution >= 4 is 17.3 Å². The number of para-hydroxylation sites is 1. The van der Waals surface area contributed by atoms with Gasteiger partial charge in [0.15, 0.2) is 0 Å². The minimum Gasteiger partial charge on any atom is -0.382 e. The summed E-state index contributed by atoms with van der Waals surface area (Å²) in [7, 11) is 3.60. The van der Waals surface area contributed by atoms with E-state index in [0.717, 1.165) is 25.9 Å². The first-order chi connectivity index (χ1) is 10.0. The van der Waals surface area contributed by atoms with Gasteiger partial charge in [0, 0.05) is 25.7 Å². The number of hydrogen-bond acceptors (Lipinski definition) is 5. The van der Waals surface area contributed by atoms with Gasteiger partial charge in [-0.05, 0) is 32.5 Å². The lowest BCUT2D eigenvalue weighted by molar-refractivity contribution is -0.384. The van der Waals surface area contributed by atoms with Crippen molar-refractivity contribution in [1.29, 1.82) is 0 Å². The molecule has 1 unspecified atom stereocenters. The summed E-state index contributed by atoms with van der Waals surface area (Å²) in [6.45, 7) is 1.83. The minimum absolute atomic E-state index is 0.0835. The normalized spacial score (nSPS) is 19.0. The number of likely N-dealkylation sites (tertiary alicyclic amines) is 1. The zero-order valence-electron chi connectivity index (χ0n) is 12.3. The molecule has 21 heavy (non-hydrogen) atoms. The highest BCUT2D eigenvalue weighted by Crippen LogP contribution is 2.27. The van der Waals surface area contributed by atoms with Crippen molar-refractivity contribution in [2.24, 2.45) is 0 Å². The molecule has 1 fully saturated rings. The number of nitro groups is 1. The van der Waals surface area contributed by atoms with Crippen LogP contribution in [0.5, 0.6) is 0 Å². The molecule has 7 nitrogen and oxygen atoms in total. The van der Waals surface area contributed by atoms with Crippen LogP contribution >= 0.6 is 0 Å². The van der Waals surface area contributed by atoms with Gasteiger partial charge < -0.3 is 15.5 Å². The van der Waals surface area contributed by atoms with Crippen LogP contribution in [0.25, 0.3) is 0 Å². The lowest BCUT2D eigenvalue weighted by atomic mass is 10.0. The molecule has 0 aromatic heterocycles. The van der Waals surface area contributed by atoms with Gasteiger partial charge in [0.25, 0.3) is 11.6 Å². The lowest BCUT2D eigenvalue weighted by Gasteiger charge is -2.30. The van der Waals surface area contributed by atoms with Crippen LogP contribution in [0, 0.1) is 10.1 Å². The van der Waals surface area contributed by atoms with E-state index >= 15 is 0 Å². The van der Waals surface area contributed by atoms with Crippen LogP contribution in [0.4, 0.5) is 11.4 Å². The number of anilines is 1. The Labute approximate surface area is 123 Å². The van der Waals surface area contributed by atoms with E-state index in [2.05, 4.69) is 15.5 Å². The Morgan fingerprint density at radius 1 is 1.48 bits per heavy atom. The zero-order chi connectivity index (χ0) is 15.4. The average Bonchev–Trinajstić information content (AvgIpc) is 2.46. The summed E-state index contributed by atoms with van der Waals surface area (Å²) in [6, 6.07) is 4.60. The van der Waals surface area contributed by atoms with Gasteiger partial charge in [-0.25, -0.2) is 0 Å². The number of hydrogen-bond donors (Lipinski definition) is 2. The maximum Gasteiger partial charge on any atom is 0.293 e. The quantitative estimate of drug-likeness (QED) is 0.648. The van der Waals surface area contributed by atoms with Crippen LogP contribution < -0.4 is 10.6 Å². The number of amides is 1. The zero-order valence-corrected chi connectivity index (χ0v) is 12.3. The van der Waals surface area contributed by atoms with E-state index < -0.39 is 4.92 Å². The molecule has 7 heteroatoms. The summed E-state index contributed by atoms with van der Waals surface area (Å²) in [5.41, 5.74) is 0.468. The van der Waals surface area contributed by atoms with E-state index in [1.807, 2.05) is 7.05 Å². The van der Waals surface area contributed by atoms with Crippen molar-refractivity contribution in [2.45, 2.75) is 18.9 Å². The highest BCUT2D eigenvalue weighted by atomic mass is 16.6. The molecule has 1 aliphatic rings. The van der Waals surface area contributed by atoms with Gasteiger partial charge >= 0.3 is 0 Å². The predicted octanol–water partition coefficient (Wildman–Crippen LogP) is 1.46. The van der Waals surface area contributed by atoms with Crippen LogP contribution in [-0.2, 0) is 0 Å². The Morgan fingerprint density at radius 3 is 2.86 bits per heavy atom. The number of nitrogens with one attached hydrogen (secondary N) is 2. The highest BCUT2D eigenvalue weighted by molar-refractivity contribution is 6.01. The molecular formula is C14H20N4O3. The van der Waals surface area contributed by atoms with E-state index in [4.69, 9.17) is 0 Å². The number of likely N-dealkylation sites (N-methyl/N-ethyl adjacent to an activating group) is 1. The molecule has 0 saturated carbocycles. The van der Waals surface area contributed by atoms with Crippen LogP contribution in [0.2, 0.25) is 0 Å². The van der Waals surface area contributed by atoms with Gasteiger partial charge in [0.1, 0.15) is 5.69 Å². The first kappa shape index (κ1) is 15.2. The fourth-order valence-electron chi connectivity index (χ4n) is 2.69. The largest absolute Gasteiger partial charge is 0.382 e. The third-order valence-corrected chi connectivity index (χ3v) is 3.69. The molecule has 2 rings (SSSR count). The van der Waals surface area contributed by atoms with Gasteiger partial charge in [-0.3, -0.25) is 14.9 Å². The Balaban J connectivity index is 2.19. The van der Waals surface area contributed by atoms with E-state index in [0.29, 0.717) is 5.56 Å². The number of rotatable bonds is 4. The fourth-order valence-corrected chi connectivity index (χ4v) is 2.69. The topological polar surface area (TPSA) is 87.5 Å². The lowest BCUT2D eigenvalue weighted by Crippen LogP contribution is -2.46. The van der Waals surface area contributed by atoms with Gasteiger partial charge in [-0.2, -0.15) is 0 Å². The molecule has 0 spiro atoms. The van der Waals surface area contributed by atoms with Crippen molar-refractivity contribution < 1.29 is 9.72 Å². The number of nitrogens with zero attached hydrogens (tertiary/aromatic N) is 2. The Hall–Kier alpha value is -2.15. The molecule has 1 heterocycles. The van der Waals surface area contributed by atoms with Crippen LogP contribution in [0.1, 0.15) is 23.2 Å². The molecule has 1 amide bonds. The molecule has 2 N–H and O–H groups in total. The minimum atomic E-state index is -0.489. The van der Waals surface area contributed by atoms with Crippen molar-refractivity contribution in [3.63, 3.8) is 0 Å². The number of carbonyl (C=O) groups excluding carboxylic acids is 1. The van der Waals surface area contributed by atoms with E-state index in [1.54, 1.807) is 13.1 Å². The Bertz CT molecular complexity index is 547. The van der Waals surface area contributed by atoms with Crippen LogP contribution in [-0.4, -0.2) is 49.0 Å². The van der Waals surface area contributed by atoms with E-state index in [-0.39, 0.29) is 23.3 Å². The molecule has 114 valence electrons. The van der Waals surface area contributed by atoms with Crippen LogP contribution in [0.15, 0.2) is 18.2 Å². The molecule has 1 atom stereocenters. The number of nitro benzene ring substituents is 1. The number of benzene rings is 1. The van der Waals surface area contributed by atoms with Crippen LogP contribution in [0.3, 0.4) is 0 Å². The molecule has 1 aromatic carbocycles. The second-order valence-corrected chi connectivity index (χ2v) is 5.28. The second-order valence-electron chi connectivity index (χ2n) is 5.28. The summed E-state index contributed by atoms with van der Waals surface area (Å²) in [5.74, 6) is -0.275. The fraction of sp³-hybridized carbons (Fsp3) is 0.500. The molecule has 0 radical (unpaired) electrons. The molecule has 1 saturated heterocycles. The van der Waals surface area contributed by atoms with Gasteiger partial charge in [0.05, 0.1) is 10.5 Å². The van der Waals surface area contributed by atoms with E-state index in [9.17, 15) is 14.9 Å². The highest BCUT2D eigenvalue weighted by Gasteiger charge is 2.24. The van der Waals surface area contributed by atoms with Gasteiger partial charge in [-0.15, -0.1) is 0 Å². The maximum atomic E-state index is 12.4. The Kier molecular flexibility index (Phi) is 4.74. The smallest absolute Gasteiger partial charge is 0.293 e. The van der Waals surface area contributed by atoms with Gasteiger partial charge in [0.2, 0.25) is 0 Å². The monoisotopic (exact) mass is 292 g/mol. The second kappa shape index (κ2) is 6.53. The number of carbonyl (C=O) groups is 1. The Morgan fingerprint density at radius 2 is 2.24 bits per heavy atom. The molecule has 0 bridgehead atoms. The van der Waals surface area contributed by atoms with Gasteiger partial charge in [-0.1, -0.05) is 6.07 Å². The molecule has 1 aromatic rings. The molecule has 1 aliphatic heterocycles. The van der Waals surface area contributed by atoms with Crippen molar-refractivity contribution in [3.05, 3.63) is 33.9 Å². The van der Waals surface area contributed by atoms with Crippen molar-refractivity contribution in [3.8, 4) is 0 Å². The maximum absolute atomic E-state index is 12.4.